The molecule has 17 heavy (non-hydrogen) atoms. The van der Waals surface area contributed by atoms with Crippen molar-refractivity contribution in [2.75, 3.05) is 12.8 Å². The fourth-order valence-electron chi connectivity index (χ4n) is 1.63. The predicted molar refractivity (Wildman–Crippen MR) is 79.2 cm³/mol. The van der Waals surface area contributed by atoms with Crippen molar-refractivity contribution >= 4 is 46.2 Å². The lowest BCUT2D eigenvalue weighted by Gasteiger charge is -2.13. The zero-order valence-corrected chi connectivity index (χ0v) is 12.8. The molecule has 1 aliphatic rings. The van der Waals surface area contributed by atoms with Gasteiger partial charge in [0.25, 0.3) is 5.91 Å². The van der Waals surface area contributed by atoms with Crippen LogP contribution in [-0.2, 0) is 0 Å². The van der Waals surface area contributed by atoms with E-state index in [9.17, 15) is 4.79 Å². The van der Waals surface area contributed by atoms with Gasteiger partial charge in [-0.15, -0.1) is 12.6 Å². The van der Waals surface area contributed by atoms with Crippen LogP contribution in [0.25, 0.3) is 0 Å². The molecular weight excluding hydrogens is 318 g/mol. The highest BCUT2D eigenvalue weighted by Crippen LogP contribution is 2.46. The highest BCUT2D eigenvalue weighted by atomic mass is 79.9. The van der Waals surface area contributed by atoms with E-state index in [1.165, 1.54) is 12.8 Å². The second kappa shape index (κ2) is 5.24. The number of thiol groups is 1. The molecule has 0 heterocycles. The predicted octanol–water partition coefficient (Wildman–Crippen LogP) is 3.36. The molecule has 0 spiro atoms. The van der Waals surface area contributed by atoms with E-state index in [1.807, 2.05) is 23.9 Å². The number of hydrogen-bond donors (Lipinski definition) is 2. The molecule has 0 aliphatic heterocycles. The first-order valence-electron chi connectivity index (χ1n) is 5.38. The molecular formula is C12H14BrNOS2. The fourth-order valence-corrected chi connectivity index (χ4v) is 3.21. The van der Waals surface area contributed by atoms with Gasteiger partial charge in [0.15, 0.2) is 0 Å². The normalized spacial score (nSPS) is 16.6. The van der Waals surface area contributed by atoms with Crippen LogP contribution in [0.3, 0.4) is 0 Å². The number of carbonyl (C=O) groups excluding carboxylic acids is 1. The van der Waals surface area contributed by atoms with Crippen LogP contribution in [0, 0.1) is 0 Å². The Kier molecular flexibility index (Phi) is 4.10. The molecule has 0 atom stereocenters. The van der Waals surface area contributed by atoms with Gasteiger partial charge in [-0.3, -0.25) is 4.79 Å². The van der Waals surface area contributed by atoms with Gasteiger partial charge < -0.3 is 5.32 Å². The summed E-state index contributed by atoms with van der Waals surface area (Å²) in [7, 11) is 0. The van der Waals surface area contributed by atoms with Gasteiger partial charge in [-0.05, 0) is 37.3 Å². The number of thioether (sulfide) groups is 1. The summed E-state index contributed by atoms with van der Waals surface area (Å²) >= 11 is 9.51. The second-order valence-electron chi connectivity index (χ2n) is 4.23. The van der Waals surface area contributed by atoms with Gasteiger partial charge in [-0.2, -0.15) is 11.8 Å². The lowest BCUT2D eigenvalue weighted by molar-refractivity contribution is 0.0950. The van der Waals surface area contributed by atoms with Gasteiger partial charge in [0.2, 0.25) is 0 Å². The number of carbonyl (C=O) groups is 1. The summed E-state index contributed by atoms with van der Waals surface area (Å²) in [6, 6.07) is 5.48. The van der Waals surface area contributed by atoms with Crippen LogP contribution in [0.15, 0.2) is 27.6 Å². The summed E-state index contributed by atoms with van der Waals surface area (Å²) < 4.78 is 1.23. The van der Waals surface area contributed by atoms with E-state index >= 15 is 0 Å². The fraction of sp³-hybridized carbons (Fsp3) is 0.417. The molecule has 1 aromatic carbocycles. The third-order valence-corrected chi connectivity index (χ3v) is 5.30. The van der Waals surface area contributed by atoms with Gasteiger partial charge >= 0.3 is 0 Å². The third-order valence-electron chi connectivity index (χ3n) is 3.02. The molecule has 0 saturated heterocycles. The number of hydrogen-bond acceptors (Lipinski definition) is 3. The molecule has 2 rings (SSSR count). The highest BCUT2D eigenvalue weighted by molar-refractivity contribution is 9.10. The van der Waals surface area contributed by atoms with Crippen molar-refractivity contribution in [1.82, 2.24) is 5.32 Å². The maximum atomic E-state index is 12.0. The van der Waals surface area contributed by atoms with Crippen LogP contribution >= 0.6 is 40.3 Å². The highest BCUT2D eigenvalue weighted by Gasteiger charge is 2.41. The van der Waals surface area contributed by atoms with Gasteiger partial charge in [0, 0.05) is 20.7 Å². The Balaban J connectivity index is 2.00. The standard InChI is InChI=1S/C12H14BrNOS2/c1-17-12(4-5-12)7-14-11(15)9-3-2-8(13)6-10(9)16/h2-3,6,16H,4-5,7H2,1H3,(H,14,15). The van der Waals surface area contributed by atoms with E-state index in [0.717, 1.165) is 11.0 Å². The molecule has 92 valence electrons. The second-order valence-corrected chi connectivity index (χ2v) is 6.90. The molecule has 1 N–H and O–H groups in total. The summed E-state index contributed by atoms with van der Waals surface area (Å²) in [4.78, 5) is 12.7. The number of nitrogens with one attached hydrogen (secondary N) is 1. The van der Waals surface area contributed by atoms with Gasteiger partial charge in [0.1, 0.15) is 0 Å². The Morgan fingerprint density at radius 3 is 2.82 bits per heavy atom. The van der Waals surface area contributed by atoms with Gasteiger partial charge in [0.05, 0.1) is 5.56 Å². The minimum absolute atomic E-state index is 0.0391. The Hall–Kier alpha value is -0.130. The lowest BCUT2D eigenvalue weighted by atomic mass is 10.2. The van der Waals surface area contributed by atoms with Gasteiger partial charge in [-0.25, -0.2) is 0 Å². The van der Waals surface area contributed by atoms with Crippen LogP contribution in [0.4, 0.5) is 0 Å². The summed E-state index contributed by atoms with van der Waals surface area (Å²) in [6.07, 6.45) is 4.49. The van der Waals surface area contributed by atoms with E-state index in [-0.39, 0.29) is 5.91 Å². The van der Waals surface area contributed by atoms with Gasteiger partial charge in [-0.1, -0.05) is 15.9 Å². The molecule has 0 unspecified atom stereocenters. The average Bonchev–Trinajstić information content (AvgIpc) is 3.07. The van der Waals surface area contributed by atoms with Crippen molar-refractivity contribution < 1.29 is 4.79 Å². The van der Waals surface area contributed by atoms with Crippen molar-refractivity contribution in [1.29, 1.82) is 0 Å². The van der Waals surface area contributed by atoms with Crippen molar-refractivity contribution in [3.63, 3.8) is 0 Å². The van der Waals surface area contributed by atoms with Crippen molar-refractivity contribution in [3.8, 4) is 0 Å². The zero-order chi connectivity index (χ0) is 12.5. The van der Waals surface area contributed by atoms with E-state index in [2.05, 4.69) is 40.1 Å². The Morgan fingerprint density at radius 2 is 2.29 bits per heavy atom. The lowest BCUT2D eigenvalue weighted by Crippen LogP contribution is -2.31. The van der Waals surface area contributed by atoms with E-state index in [4.69, 9.17) is 0 Å². The largest absolute Gasteiger partial charge is 0.351 e. The quantitative estimate of drug-likeness (QED) is 0.828. The Bertz CT molecular complexity index is 446. The van der Waals surface area contributed by atoms with Crippen LogP contribution in [-0.4, -0.2) is 23.5 Å². The molecule has 1 amide bonds. The molecule has 0 bridgehead atoms. The van der Waals surface area contributed by atoms with E-state index in [1.54, 1.807) is 6.07 Å². The first-order valence-corrected chi connectivity index (χ1v) is 7.85. The minimum atomic E-state index is -0.0391. The molecule has 2 nitrogen and oxygen atoms in total. The Labute approximate surface area is 119 Å². The summed E-state index contributed by atoms with van der Waals surface area (Å²) in [5, 5.41) is 2.99. The zero-order valence-electron chi connectivity index (χ0n) is 9.50. The molecule has 0 aromatic heterocycles. The molecule has 0 radical (unpaired) electrons. The summed E-state index contributed by atoms with van der Waals surface area (Å²) in [5.74, 6) is -0.0391. The molecule has 1 aliphatic carbocycles. The summed E-state index contributed by atoms with van der Waals surface area (Å²) in [5.41, 5.74) is 0.633. The monoisotopic (exact) mass is 331 g/mol. The smallest absolute Gasteiger partial charge is 0.252 e. The first kappa shape index (κ1) is 13.3. The van der Waals surface area contributed by atoms with Crippen molar-refractivity contribution in [2.45, 2.75) is 22.5 Å². The van der Waals surface area contributed by atoms with Crippen molar-refractivity contribution in [3.05, 3.63) is 28.2 Å². The summed E-state index contributed by atoms with van der Waals surface area (Å²) in [6.45, 7) is 0.746. The molecule has 1 fully saturated rings. The molecule has 1 aromatic rings. The van der Waals surface area contributed by atoms with Crippen LogP contribution in [0.5, 0.6) is 0 Å². The topological polar surface area (TPSA) is 29.1 Å². The number of benzene rings is 1. The van der Waals surface area contributed by atoms with Crippen LogP contribution < -0.4 is 5.32 Å². The number of amides is 1. The Morgan fingerprint density at radius 1 is 1.59 bits per heavy atom. The number of rotatable bonds is 4. The maximum Gasteiger partial charge on any atom is 0.252 e. The van der Waals surface area contributed by atoms with Crippen LogP contribution in [0.1, 0.15) is 23.2 Å². The minimum Gasteiger partial charge on any atom is -0.351 e. The first-order chi connectivity index (χ1) is 8.06. The molecule has 1 saturated carbocycles. The third kappa shape index (κ3) is 3.20. The van der Waals surface area contributed by atoms with E-state index in [0.29, 0.717) is 15.2 Å². The van der Waals surface area contributed by atoms with E-state index < -0.39 is 0 Å². The SMILES string of the molecule is CSC1(CNC(=O)c2ccc(Br)cc2S)CC1. The van der Waals surface area contributed by atoms with Crippen molar-refractivity contribution in [2.24, 2.45) is 0 Å². The van der Waals surface area contributed by atoms with Crippen LogP contribution in [0.2, 0.25) is 0 Å². The molecule has 5 heteroatoms. The maximum absolute atomic E-state index is 12.0. The number of halogens is 1. The average molecular weight is 332 g/mol.